The van der Waals surface area contributed by atoms with E-state index in [1.807, 2.05) is 0 Å². The molecule has 3 rings (SSSR count). The third kappa shape index (κ3) is 5.35. The molecule has 34 heavy (non-hydrogen) atoms. The van der Waals surface area contributed by atoms with Crippen molar-refractivity contribution in [2.24, 2.45) is 5.92 Å². The molecule has 1 heterocycles. The molecule has 1 saturated carbocycles. The zero-order valence-electron chi connectivity index (χ0n) is 18.6. The summed E-state index contributed by atoms with van der Waals surface area (Å²) in [6.45, 7) is -0.546. The first-order valence-corrected chi connectivity index (χ1v) is 10.6. The largest absolute Gasteiger partial charge is 0.439 e. The molecule has 2 aliphatic rings. The number of halogens is 6. The number of rotatable bonds is 4. The van der Waals surface area contributed by atoms with Gasteiger partial charge in [0.2, 0.25) is 0 Å². The molecule has 0 aromatic heterocycles. The molecule has 5 nitrogen and oxygen atoms in total. The Balaban J connectivity index is 2.04. The highest BCUT2D eigenvalue weighted by Gasteiger charge is 2.47. The number of amides is 3. The van der Waals surface area contributed by atoms with Crippen molar-refractivity contribution in [2.45, 2.75) is 44.0 Å². The van der Waals surface area contributed by atoms with Gasteiger partial charge in [0.1, 0.15) is 24.6 Å². The number of quaternary nitrogens is 1. The molecule has 1 aromatic carbocycles. The summed E-state index contributed by atoms with van der Waals surface area (Å²) in [7, 11) is 2.41. The second kappa shape index (κ2) is 9.53. The normalized spacial score (nSPS) is 25.2. The molecule has 0 spiro atoms. The average Bonchev–Trinajstić information content (AvgIpc) is 3.18. The van der Waals surface area contributed by atoms with Gasteiger partial charge in [0.25, 0.3) is 5.91 Å². The van der Waals surface area contributed by atoms with Crippen molar-refractivity contribution in [3.63, 3.8) is 0 Å². The standard InChI is InChI=1S/C23H25F6N2O3/c1-31(11-10-17(13-31)23(27,28)29)21(33)30(20(32)14-34-2)19-9-4-3-8-18(19)15-6-5-7-16(12-15)22(24,25)26/h3-4,8-11,13,15-16H,5-7,12,14H2,1-2H3/q+1. The van der Waals surface area contributed by atoms with Crippen LogP contribution in [0.1, 0.15) is 37.2 Å². The third-order valence-electron chi connectivity index (χ3n) is 6.17. The molecule has 3 atom stereocenters. The predicted octanol–water partition coefficient (Wildman–Crippen LogP) is 6.04. The van der Waals surface area contributed by atoms with E-state index in [0.29, 0.717) is 24.6 Å². The topological polar surface area (TPSA) is 46.6 Å². The van der Waals surface area contributed by atoms with E-state index in [9.17, 15) is 35.9 Å². The number of anilines is 1. The molecule has 1 aliphatic heterocycles. The fourth-order valence-corrected chi connectivity index (χ4v) is 4.45. The molecule has 3 amide bonds. The minimum atomic E-state index is -4.69. The molecule has 1 aromatic rings. The van der Waals surface area contributed by atoms with Crippen molar-refractivity contribution in [1.29, 1.82) is 0 Å². The number of para-hydroxylation sites is 1. The Labute approximate surface area is 192 Å². The zero-order valence-corrected chi connectivity index (χ0v) is 18.6. The molecule has 0 radical (unpaired) electrons. The van der Waals surface area contributed by atoms with E-state index in [2.05, 4.69) is 0 Å². The molecule has 11 heteroatoms. The molecule has 0 bridgehead atoms. The number of alkyl halides is 6. The quantitative estimate of drug-likeness (QED) is 0.381. The van der Waals surface area contributed by atoms with Gasteiger partial charge in [-0.05, 0) is 36.8 Å². The second-order valence-corrected chi connectivity index (χ2v) is 8.65. The lowest BCUT2D eigenvalue weighted by atomic mass is 9.77. The van der Waals surface area contributed by atoms with E-state index >= 15 is 0 Å². The van der Waals surface area contributed by atoms with Gasteiger partial charge in [0, 0.05) is 13.2 Å². The molecule has 0 saturated heterocycles. The van der Waals surface area contributed by atoms with Crippen LogP contribution in [-0.2, 0) is 9.53 Å². The first-order chi connectivity index (χ1) is 15.8. The van der Waals surface area contributed by atoms with Crippen LogP contribution >= 0.6 is 0 Å². The number of methoxy groups -OCH3 is 1. The maximum absolute atomic E-state index is 13.5. The number of hydrogen-bond acceptors (Lipinski definition) is 3. The van der Waals surface area contributed by atoms with E-state index in [-0.39, 0.29) is 18.5 Å². The highest BCUT2D eigenvalue weighted by atomic mass is 19.4. The van der Waals surface area contributed by atoms with Gasteiger partial charge < -0.3 is 4.74 Å². The third-order valence-corrected chi connectivity index (χ3v) is 6.17. The van der Waals surface area contributed by atoms with E-state index < -0.39 is 52.8 Å². The van der Waals surface area contributed by atoms with Crippen molar-refractivity contribution >= 4 is 17.6 Å². The Morgan fingerprint density at radius 1 is 1.12 bits per heavy atom. The lowest BCUT2D eigenvalue weighted by Gasteiger charge is -2.34. The van der Waals surface area contributed by atoms with Gasteiger partial charge in [0.15, 0.2) is 0 Å². The van der Waals surface area contributed by atoms with Crippen LogP contribution in [0, 0.1) is 5.92 Å². The summed E-state index contributed by atoms with van der Waals surface area (Å²) in [5.74, 6) is -2.94. The van der Waals surface area contributed by atoms with Crippen LogP contribution in [0.25, 0.3) is 0 Å². The summed E-state index contributed by atoms with van der Waals surface area (Å²) < 4.78 is 83.6. The smallest absolute Gasteiger partial charge is 0.375 e. The van der Waals surface area contributed by atoms with Crippen LogP contribution in [0.3, 0.4) is 0 Å². The van der Waals surface area contributed by atoms with Gasteiger partial charge in [-0.1, -0.05) is 24.6 Å². The average molecular weight is 491 g/mol. The van der Waals surface area contributed by atoms with Crippen molar-refractivity contribution in [3.05, 3.63) is 53.9 Å². The summed E-state index contributed by atoms with van der Waals surface area (Å²) in [4.78, 5) is 27.2. The number of allylic oxidation sites excluding steroid dienone is 2. The molecular formula is C23H25F6N2O3+. The van der Waals surface area contributed by atoms with E-state index in [0.717, 1.165) is 17.2 Å². The first kappa shape index (κ1) is 26.0. The summed E-state index contributed by atoms with van der Waals surface area (Å²) in [6, 6.07) is 5.06. The molecule has 0 N–H and O–H groups in total. The second-order valence-electron chi connectivity index (χ2n) is 8.65. The number of urea groups is 1. The summed E-state index contributed by atoms with van der Waals surface area (Å²) in [6.07, 6.45) is -6.10. The van der Waals surface area contributed by atoms with Gasteiger partial charge in [-0.3, -0.25) is 4.79 Å². The molecule has 1 aliphatic carbocycles. The number of imide groups is 1. The maximum atomic E-state index is 13.5. The van der Waals surface area contributed by atoms with Crippen molar-refractivity contribution < 1.29 is 45.2 Å². The molecule has 186 valence electrons. The van der Waals surface area contributed by atoms with Crippen molar-refractivity contribution in [2.75, 3.05) is 25.7 Å². The Morgan fingerprint density at radius 3 is 2.38 bits per heavy atom. The maximum Gasteiger partial charge on any atom is 0.439 e. The Hall–Kier alpha value is -2.66. The Bertz CT molecular complexity index is 1000. The van der Waals surface area contributed by atoms with Crippen LogP contribution in [0.15, 0.2) is 48.3 Å². The summed E-state index contributed by atoms with van der Waals surface area (Å²) in [5, 5.41) is 0. The monoisotopic (exact) mass is 491 g/mol. The van der Waals surface area contributed by atoms with Gasteiger partial charge in [0.05, 0.1) is 18.7 Å². The number of carbonyl (C=O) groups is 2. The fraction of sp³-hybridized carbons (Fsp3) is 0.478. The van der Waals surface area contributed by atoms with Crippen molar-refractivity contribution in [1.82, 2.24) is 0 Å². The van der Waals surface area contributed by atoms with Gasteiger partial charge in [-0.15, -0.1) is 0 Å². The first-order valence-electron chi connectivity index (χ1n) is 10.6. The van der Waals surface area contributed by atoms with Crippen molar-refractivity contribution in [3.8, 4) is 0 Å². The van der Waals surface area contributed by atoms with E-state index in [1.165, 1.54) is 26.3 Å². The van der Waals surface area contributed by atoms with Gasteiger partial charge >= 0.3 is 18.4 Å². The number of nitrogens with zero attached hydrogens (tertiary/aromatic N) is 2. The lowest BCUT2D eigenvalue weighted by molar-refractivity contribution is -0.714. The SMILES string of the molecule is COCC(=O)N(C(=O)[N+]1(C)C=CC(C(F)(F)F)=C1)c1ccccc1C1CCCC(C(F)(F)F)C1. The minimum Gasteiger partial charge on any atom is -0.375 e. The number of carbonyl (C=O) groups excluding carboxylic acids is 2. The number of ether oxygens (including phenoxy) is 1. The lowest BCUT2D eigenvalue weighted by Crippen LogP contribution is -2.52. The fourth-order valence-electron chi connectivity index (χ4n) is 4.45. The highest BCUT2D eigenvalue weighted by Crippen LogP contribution is 2.46. The molecule has 3 unspecified atom stereocenters. The number of benzene rings is 1. The Morgan fingerprint density at radius 2 is 1.79 bits per heavy atom. The van der Waals surface area contributed by atoms with Crippen LogP contribution in [-0.4, -0.2) is 49.5 Å². The van der Waals surface area contributed by atoms with Crippen LogP contribution in [0.4, 0.5) is 36.8 Å². The summed E-state index contributed by atoms with van der Waals surface area (Å²) >= 11 is 0. The van der Waals surface area contributed by atoms with Crippen LogP contribution in [0.2, 0.25) is 0 Å². The van der Waals surface area contributed by atoms with Crippen LogP contribution < -0.4 is 4.90 Å². The minimum absolute atomic E-state index is 0.00180. The molecular weight excluding hydrogens is 466 g/mol. The highest BCUT2D eigenvalue weighted by molar-refractivity contribution is 6.13. The van der Waals surface area contributed by atoms with Gasteiger partial charge in [-0.25, -0.2) is 4.79 Å². The summed E-state index contributed by atoms with van der Waals surface area (Å²) in [5.41, 5.74) is -0.635. The Kier molecular flexibility index (Phi) is 7.28. The van der Waals surface area contributed by atoms with Gasteiger partial charge in [-0.2, -0.15) is 35.7 Å². The molecule has 1 fully saturated rings. The number of hydrogen-bond donors (Lipinski definition) is 0. The van der Waals surface area contributed by atoms with Crippen LogP contribution in [0.5, 0.6) is 0 Å². The van der Waals surface area contributed by atoms with E-state index in [4.69, 9.17) is 4.74 Å². The zero-order chi connectivity index (χ0) is 25.3. The predicted molar refractivity (Wildman–Crippen MR) is 111 cm³/mol. The van der Waals surface area contributed by atoms with E-state index in [1.54, 1.807) is 12.1 Å².